The second kappa shape index (κ2) is 5.42. The molecule has 5 heteroatoms. The Kier molecular flexibility index (Phi) is 3.91. The number of hydrogen-bond acceptors (Lipinski definition) is 5. The van der Waals surface area contributed by atoms with Crippen molar-refractivity contribution in [3.8, 4) is 0 Å². The number of aliphatic hydroxyl groups excluding tert-OH is 1. The molecule has 1 heterocycles. The highest BCUT2D eigenvalue weighted by molar-refractivity contribution is 7.80. The molecular formula is C12H14O4S. The molecular weight excluding hydrogens is 240 g/mol. The van der Waals surface area contributed by atoms with E-state index in [9.17, 15) is 9.90 Å². The highest BCUT2D eigenvalue weighted by Crippen LogP contribution is 2.19. The molecule has 1 aliphatic carbocycles. The minimum absolute atomic E-state index is 0.111. The lowest BCUT2D eigenvalue weighted by atomic mass is 9.99. The van der Waals surface area contributed by atoms with E-state index in [4.69, 9.17) is 21.7 Å². The number of allylic oxidation sites excluding steroid dienone is 4. The van der Waals surface area contributed by atoms with Gasteiger partial charge in [-0.05, 0) is 6.08 Å². The minimum Gasteiger partial charge on any atom is -0.491 e. The second-order valence-corrected chi connectivity index (χ2v) is 4.52. The molecule has 17 heavy (non-hydrogen) atoms. The number of thiocarbonyl (C=S) groups is 1. The maximum absolute atomic E-state index is 11.4. The summed E-state index contributed by atoms with van der Waals surface area (Å²) < 4.78 is 10.4. The van der Waals surface area contributed by atoms with Crippen molar-refractivity contribution in [3.63, 3.8) is 0 Å². The van der Waals surface area contributed by atoms with Gasteiger partial charge in [0, 0.05) is 12.8 Å². The fourth-order valence-corrected chi connectivity index (χ4v) is 1.98. The van der Waals surface area contributed by atoms with Gasteiger partial charge in [0.15, 0.2) is 0 Å². The first-order valence-electron chi connectivity index (χ1n) is 5.56. The third-order valence-corrected chi connectivity index (χ3v) is 3.17. The van der Waals surface area contributed by atoms with Crippen LogP contribution < -0.4 is 0 Å². The Morgan fingerprint density at radius 2 is 2.41 bits per heavy atom. The Labute approximate surface area is 105 Å². The molecule has 0 saturated carbocycles. The Morgan fingerprint density at radius 1 is 1.59 bits per heavy atom. The van der Waals surface area contributed by atoms with Crippen LogP contribution in [0.5, 0.6) is 0 Å². The summed E-state index contributed by atoms with van der Waals surface area (Å²) >= 11 is 5.13. The molecule has 2 rings (SSSR count). The molecule has 4 nitrogen and oxygen atoms in total. The number of aliphatic hydroxyl groups is 1. The smallest absolute Gasteiger partial charge is 0.315 e. The minimum atomic E-state index is -0.690. The van der Waals surface area contributed by atoms with Crippen LogP contribution >= 0.6 is 12.2 Å². The SMILES string of the molecule is O=C1OCCC(O)C1COC1=CC=CCC1=S. The molecule has 2 atom stereocenters. The monoisotopic (exact) mass is 254 g/mol. The van der Waals surface area contributed by atoms with E-state index < -0.39 is 18.0 Å². The lowest BCUT2D eigenvalue weighted by Gasteiger charge is -2.26. The van der Waals surface area contributed by atoms with Crippen molar-refractivity contribution in [2.75, 3.05) is 13.2 Å². The maximum atomic E-state index is 11.4. The topological polar surface area (TPSA) is 55.8 Å². The van der Waals surface area contributed by atoms with Crippen LogP contribution in [-0.2, 0) is 14.3 Å². The first-order valence-corrected chi connectivity index (χ1v) is 5.97. The molecule has 0 aromatic heterocycles. The number of rotatable bonds is 3. The summed E-state index contributed by atoms with van der Waals surface area (Å²) in [6.45, 7) is 0.389. The first-order chi connectivity index (χ1) is 8.18. The largest absolute Gasteiger partial charge is 0.491 e. The predicted octanol–water partition coefficient (Wildman–Crippen LogP) is 1.14. The zero-order valence-electron chi connectivity index (χ0n) is 9.30. The summed E-state index contributed by atoms with van der Waals surface area (Å²) in [5.41, 5.74) is 0. The molecule has 1 aliphatic heterocycles. The van der Waals surface area contributed by atoms with E-state index >= 15 is 0 Å². The van der Waals surface area contributed by atoms with Gasteiger partial charge < -0.3 is 14.6 Å². The zero-order chi connectivity index (χ0) is 12.3. The third kappa shape index (κ3) is 2.92. The molecule has 1 N–H and O–H groups in total. The van der Waals surface area contributed by atoms with Crippen LogP contribution in [0.3, 0.4) is 0 Å². The molecule has 1 saturated heterocycles. The number of esters is 1. The normalized spacial score (nSPS) is 28.6. The van der Waals surface area contributed by atoms with Gasteiger partial charge in [0.2, 0.25) is 0 Å². The molecule has 2 aliphatic rings. The molecule has 2 unspecified atom stereocenters. The van der Waals surface area contributed by atoms with Crippen molar-refractivity contribution in [2.45, 2.75) is 18.9 Å². The average Bonchev–Trinajstić information content (AvgIpc) is 2.30. The Bertz CT molecular complexity index is 386. The van der Waals surface area contributed by atoms with Gasteiger partial charge in [-0.2, -0.15) is 0 Å². The van der Waals surface area contributed by atoms with Crippen molar-refractivity contribution in [3.05, 3.63) is 24.0 Å². The van der Waals surface area contributed by atoms with Crippen molar-refractivity contribution in [2.24, 2.45) is 5.92 Å². The van der Waals surface area contributed by atoms with Crippen molar-refractivity contribution in [1.29, 1.82) is 0 Å². The van der Waals surface area contributed by atoms with E-state index in [2.05, 4.69) is 0 Å². The van der Waals surface area contributed by atoms with Crippen LogP contribution in [0, 0.1) is 5.92 Å². The van der Waals surface area contributed by atoms with E-state index in [1.165, 1.54) is 0 Å². The highest BCUT2D eigenvalue weighted by atomic mass is 32.1. The van der Waals surface area contributed by atoms with Crippen LogP contribution in [0.2, 0.25) is 0 Å². The lowest BCUT2D eigenvalue weighted by molar-refractivity contribution is -0.163. The molecule has 0 aromatic carbocycles. The van der Waals surface area contributed by atoms with Crippen molar-refractivity contribution >= 4 is 23.1 Å². The van der Waals surface area contributed by atoms with Gasteiger partial charge in [-0.25, -0.2) is 0 Å². The van der Waals surface area contributed by atoms with Gasteiger partial charge in [0.05, 0.1) is 17.6 Å². The van der Waals surface area contributed by atoms with Crippen LogP contribution in [0.1, 0.15) is 12.8 Å². The number of carbonyl (C=O) groups is 1. The Balaban J connectivity index is 1.92. The lowest BCUT2D eigenvalue weighted by Crippen LogP contribution is -2.39. The van der Waals surface area contributed by atoms with Crippen LogP contribution in [0.15, 0.2) is 24.0 Å². The van der Waals surface area contributed by atoms with E-state index in [1.807, 2.05) is 12.2 Å². The van der Waals surface area contributed by atoms with Crippen molar-refractivity contribution in [1.82, 2.24) is 0 Å². The summed E-state index contributed by atoms with van der Waals surface area (Å²) in [5.74, 6) is -0.409. The van der Waals surface area contributed by atoms with Gasteiger partial charge in [-0.15, -0.1) is 0 Å². The Hall–Kier alpha value is -1.20. The first kappa shape index (κ1) is 12.3. The summed E-state index contributed by atoms with van der Waals surface area (Å²) in [6.07, 6.45) is 6.03. The number of ether oxygens (including phenoxy) is 2. The fourth-order valence-electron chi connectivity index (χ4n) is 1.76. The van der Waals surface area contributed by atoms with Crippen LogP contribution in [0.25, 0.3) is 0 Å². The van der Waals surface area contributed by atoms with E-state index in [-0.39, 0.29) is 13.2 Å². The standard InChI is InChI=1S/C12H14O4S/c13-9-5-6-15-12(14)8(9)7-16-10-3-1-2-4-11(10)17/h1-3,8-9,13H,4-7H2. The number of carbonyl (C=O) groups excluding carboxylic acids is 1. The van der Waals surface area contributed by atoms with E-state index in [1.54, 1.807) is 6.08 Å². The molecule has 1 fully saturated rings. The fraction of sp³-hybridized carbons (Fsp3) is 0.500. The van der Waals surface area contributed by atoms with Crippen LogP contribution in [0.4, 0.5) is 0 Å². The summed E-state index contributed by atoms with van der Waals surface area (Å²) in [7, 11) is 0. The third-order valence-electron chi connectivity index (χ3n) is 2.81. The van der Waals surface area contributed by atoms with E-state index in [0.717, 1.165) is 0 Å². The van der Waals surface area contributed by atoms with Crippen LogP contribution in [-0.4, -0.2) is 35.3 Å². The maximum Gasteiger partial charge on any atom is 0.315 e. The average molecular weight is 254 g/mol. The quantitative estimate of drug-likeness (QED) is 0.604. The van der Waals surface area contributed by atoms with E-state index in [0.29, 0.717) is 23.5 Å². The van der Waals surface area contributed by atoms with Gasteiger partial charge in [0.1, 0.15) is 18.3 Å². The molecule has 92 valence electrons. The molecule has 0 bridgehead atoms. The zero-order valence-corrected chi connectivity index (χ0v) is 10.1. The molecule has 0 radical (unpaired) electrons. The highest BCUT2D eigenvalue weighted by Gasteiger charge is 2.33. The molecule has 0 aromatic rings. The summed E-state index contributed by atoms with van der Waals surface area (Å²) in [5, 5.41) is 9.69. The Morgan fingerprint density at radius 3 is 3.12 bits per heavy atom. The van der Waals surface area contributed by atoms with Gasteiger partial charge >= 0.3 is 5.97 Å². The second-order valence-electron chi connectivity index (χ2n) is 4.03. The van der Waals surface area contributed by atoms with Gasteiger partial charge in [-0.3, -0.25) is 4.79 Å². The molecule has 0 amide bonds. The number of hydrogen-bond donors (Lipinski definition) is 1. The predicted molar refractivity (Wildman–Crippen MR) is 65.5 cm³/mol. The molecule has 0 spiro atoms. The van der Waals surface area contributed by atoms with Crippen molar-refractivity contribution < 1.29 is 19.4 Å². The van der Waals surface area contributed by atoms with Gasteiger partial charge in [-0.1, -0.05) is 24.4 Å². The summed E-state index contributed by atoms with van der Waals surface area (Å²) in [6, 6.07) is 0. The number of cyclic esters (lactones) is 1. The summed E-state index contributed by atoms with van der Waals surface area (Å²) in [4.78, 5) is 12.1. The van der Waals surface area contributed by atoms with Gasteiger partial charge in [0.25, 0.3) is 0 Å².